The molecule has 0 aliphatic rings. The van der Waals surface area contributed by atoms with Crippen LogP contribution in [0.5, 0.6) is 0 Å². The number of amides is 2. The van der Waals surface area contributed by atoms with Crippen LogP contribution in [0.1, 0.15) is 27.8 Å². The summed E-state index contributed by atoms with van der Waals surface area (Å²) >= 11 is 5.22. The average Bonchev–Trinajstić information content (AvgIpc) is 2.85. The van der Waals surface area contributed by atoms with Gasteiger partial charge in [0.2, 0.25) is 0 Å². The van der Waals surface area contributed by atoms with E-state index in [-0.39, 0.29) is 40.2 Å². The van der Waals surface area contributed by atoms with Crippen molar-refractivity contribution in [3.63, 3.8) is 0 Å². The molecule has 11 heteroatoms. The fourth-order valence-corrected chi connectivity index (χ4v) is 3.82. The first-order chi connectivity index (χ1) is 16.3. The molecule has 0 spiro atoms. The minimum Gasteiger partial charge on any atom is -0.332 e. The lowest BCUT2D eigenvalue weighted by atomic mass is 10.1. The second-order valence-corrected chi connectivity index (χ2v) is 7.71. The molecule has 2 aromatic heterocycles. The molecule has 10 nitrogen and oxygen atoms in total. The van der Waals surface area contributed by atoms with E-state index in [2.05, 4.69) is 27.5 Å². The number of fused-ring (bicyclic) bond motifs is 2. The lowest BCUT2D eigenvalue weighted by Crippen LogP contribution is -2.42. The van der Waals surface area contributed by atoms with Crippen LogP contribution in [0.15, 0.2) is 64.7 Å². The zero-order valence-corrected chi connectivity index (χ0v) is 18.9. The van der Waals surface area contributed by atoms with Crippen molar-refractivity contribution in [1.29, 1.82) is 0 Å². The van der Waals surface area contributed by atoms with Gasteiger partial charge >= 0.3 is 0 Å². The third-order valence-corrected chi connectivity index (χ3v) is 5.55. The van der Waals surface area contributed by atoms with E-state index in [1.165, 1.54) is 27.4 Å². The van der Waals surface area contributed by atoms with Crippen LogP contribution in [0.3, 0.4) is 0 Å². The summed E-state index contributed by atoms with van der Waals surface area (Å²) < 4.78 is 2.74. The Kier molecular flexibility index (Phi) is 6.19. The highest BCUT2D eigenvalue weighted by molar-refractivity contribution is 7.71. The number of benzene rings is 2. The van der Waals surface area contributed by atoms with Crippen LogP contribution in [0.25, 0.3) is 21.7 Å². The monoisotopic (exact) mass is 476 g/mol. The summed E-state index contributed by atoms with van der Waals surface area (Å²) in [6, 6.07) is 11.1. The Balaban J connectivity index is 1.60. The summed E-state index contributed by atoms with van der Waals surface area (Å²) in [5.41, 5.74) is 4.64. The number of carbonyl (C=O) groups excluding carboxylic acids is 2. The number of aryl methyl sites for hydroxylation is 1. The highest BCUT2D eigenvalue weighted by Gasteiger charge is 2.17. The number of aromatic nitrogens is 4. The third-order valence-electron chi connectivity index (χ3n) is 5.23. The van der Waals surface area contributed by atoms with Crippen molar-refractivity contribution in [3.8, 4) is 0 Å². The van der Waals surface area contributed by atoms with Gasteiger partial charge in [0.25, 0.3) is 22.9 Å². The molecular weight excluding hydrogens is 456 g/mol. The van der Waals surface area contributed by atoms with Crippen molar-refractivity contribution in [1.82, 2.24) is 30.2 Å². The third kappa shape index (κ3) is 4.04. The molecule has 0 radical (unpaired) electrons. The predicted octanol–water partition coefficient (Wildman–Crippen LogP) is 2.05. The van der Waals surface area contributed by atoms with E-state index in [0.717, 1.165) is 0 Å². The maximum Gasteiger partial charge on any atom is 0.290 e. The SMILES string of the molecule is C=CCn1c(=S)[nH]c2cc(C(=O)NNC(=O)c3nn(CC)c(=O)c4ccccc34)ccc2c1=O. The highest BCUT2D eigenvalue weighted by atomic mass is 32.1. The number of aromatic amines is 1. The Bertz CT molecular complexity index is 1650. The maximum absolute atomic E-state index is 12.8. The van der Waals surface area contributed by atoms with E-state index < -0.39 is 11.8 Å². The zero-order chi connectivity index (χ0) is 24.4. The standard InChI is InChI=1S/C23H20N6O4S/c1-3-11-28-21(32)16-10-9-13(12-17(16)24-23(28)34)19(30)25-26-20(31)18-14-7-5-6-8-15(14)22(33)29(4-2)27-18/h3,5-10,12H,1,4,11H2,2H3,(H,24,34)(H,25,30)(H,26,31). The molecule has 2 heterocycles. The molecule has 2 aromatic carbocycles. The molecule has 0 atom stereocenters. The van der Waals surface area contributed by atoms with Gasteiger partial charge < -0.3 is 4.98 Å². The van der Waals surface area contributed by atoms with Crippen LogP contribution in [0.2, 0.25) is 0 Å². The van der Waals surface area contributed by atoms with Gasteiger partial charge in [-0.15, -0.1) is 6.58 Å². The largest absolute Gasteiger partial charge is 0.332 e. The van der Waals surface area contributed by atoms with Crippen LogP contribution >= 0.6 is 12.2 Å². The van der Waals surface area contributed by atoms with Gasteiger partial charge in [-0.2, -0.15) is 5.10 Å². The van der Waals surface area contributed by atoms with E-state index in [0.29, 0.717) is 21.7 Å². The van der Waals surface area contributed by atoms with E-state index in [1.54, 1.807) is 37.3 Å². The second-order valence-electron chi connectivity index (χ2n) is 7.32. The first-order valence-corrected chi connectivity index (χ1v) is 10.7. The van der Waals surface area contributed by atoms with Crippen LogP contribution in [0, 0.1) is 4.77 Å². The Hall–Kier alpha value is -4.38. The molecule has 3 N–H and O–H groups in total. The van der Waals surface area contributed by atoms with Crippen molar-refractivity contribution in [2.45, 2.75) is 20.0 Å². The summed E-state index contributed by atoms with van der Waals surface area (Å²) in [7, 11) is 0. The second kappa shape index (κ2) is 9.24. The number of hydrogen-bond acceptors (Lipinski definition) is 6. The summed E-state index contributed by atoms with van der Waals surface area (Å²) in [6.45, 7) is 5.89. The van der Waals surface area contributed by atoms with Crippen molar-refractivity contribution < 1.29 is 9.59 Å². The minimum absolute atomic E-state index is 0.00251. The molecule has 0 saturated carbocycles. The Morgan fingerprint density at radius 2 is 1.76 bits per heavy atom. The van der Waals surface area contributed by atoms with Crippen molar-refractivity contribution in [3.05, 3.63) is 91.9 Å². The molecule has 4 aromatic rings. The number of rotatable bonds is 5. The molecule has 0 aliphatic heterocycles. The van der Waals surface area contributed by atoms with Gasteiger partial charge in [0, 0.05) is 24.0 Å². The summed E-state index contributed by atoms with van der Waals surface area (Å²) in [5, 5.41) is 5.21. The van der Waals surface area contributed by atoms with Gasteiger partial charge in [-0.05, 0) is 43.4 Å². The number of hydrogen-bond donors (Lipinski definition) is 3. The molecule has 34 heavy (non-hydrogen) atoms. The molecule has 0 unspecified atom stereocenters. The van der Waals surface area contributed by atoms with Crippen LogP contribution in [0.4, 0.5) is 0 Å². The van der Waals surface area contributed by atoms with Crippen LogP contribution in [-0.4, -0.2) is 31.1 Å². The summed E-state index contributed by atoms with van der Waals surface area (Å²) in [4.78, 5) is 53.5. The van der Waals surface area contributed by atoms with Gasteiger partial charge in [0.15, 0.2) is 10.5 Å². The van der Waals surface area contributed by atoms with Gasteiger partial charge in [-0.25, -0.2) is 4.68 Å². The lowest BCUT2D eigenvalue weighted by molar-refractivity contribution is 0.0843. The molecule has 0 saturated heterocycles. The molecular formula is C23H20N6O4S. The Labute approximate surface area is 197 Å². The number of nitrogens with one attached hydrogen (secondary N) is 3. The fourth-order valence-electron chi connectivity index (χ4n) is 3.55. The van der Waals surface area contributed by atoms with E-state index >= 15 is 0 Å². The Morgan fingerprint density at radius 3 is 2.47 bits per heavy atom. The number of H-pyrrole nitrogens is 1. The van der Waals surface area contributed by atoms with Crippen LogP contribution < -0.4 is 22.0 Å². The normalized spacial score (nSPS) is 10.9. The number of allylic oxidation sites excluding steroid dienone is 1. The molecule has 0 bridgehead atoms. The molecule has 0 aliphatic carbocycles. The average molecular weight is 477 g/mol. The van der Waals surface area contributed by atoms with Gasteiger partial charge in [-0.1, -0.05) is 24.3 Å². The molecule has 4 rings (SSSR count). The van der Waals surface area contributed by atoms with Crippen molar-refractivity contribution in [2.24, 2.45) is 0 Å². The summed E-state index contributed by atoms with van der Waals surface area (Å²) in [6.07, 6.45) is 1.56. The Morgan fingerprint density at radius 1 is 1.06 bits per heavy atom. The number of nitrogens with zero attached hydrogens (tertiary/aromatic N) is 3. The molecule has 0 fully saturated rings. The van der Waals surface area contributed by atoms with E-state index in [1.807, 2.05) is 0 Å². The van der Waals surface area contributed by atoms with Crippen molar-refractivity contribution in [2.75, 3.05) is 0 Å². The first kappa shape index (κ1) is 22.8. The number of hydrazine groups is 1. The topological polar surface area (TPSA) is 131 Å². The van der Waals surface area contributed by atoms with Gasteiger partial charge in [0.05, 0.1) is 16.3 Å². The highest BCUT2D eigenvalue weighted by Crippen LogP contribution is 2.14. The number of carbonyl (C=O) groups is 2. The zero-order valence-electron chi connectivity index (χ0n) is 18.1. The predicted molar refractivity (Wildman–Crippen MR) is 130 cm³/mol. The first-order valence-electron chi connectivity index (χ1n) is 10.3. The lowest BCUT2D eigenvalue weighted by Gasteiger charge is -2.11. The van der Waals surface area contributed by atoms with Crippen LogP contribution in [-0.2, 0) is 13.1 Å². The van der Waals surface area contributed by atoms with Crippen molar-refractivity contribution >= 4 is 45.7 Å². The smallest absolute Gasteiger partial charge is 0.290 e. The van der Waals surface area contributed by atoms with Gasteiger partial charge in [-0.3, -0.25) is 34.6 Å². The maximum atomic E-state index is 12.8. The van der Waals surface area contributed by atoms with E-state index in [4.69, 9.17) is 12.2 Å². The van der Waals surface area contributed by atoms with Gasteiger partial charge in [0.1, 0.15) is 0 Å². The minimum atomic E-state index is -0.681. The van der Waals surface area contributed by atoms with E-state index in [9.17, 15) is 19.2 Å². The quantitative estimate of drug-likeness (QED) is 0.230. The molecule has 172 valence electrons. The molecule has 2 amide bonds. The fraction of sp³-hybridized carbons (Fsp3) is 0.130. The summed E-state index contributed by atoms with van der Waals surface area (Å²) in [5.74, 6) is -1.29.